The molecule has 0 aliphatic carbocycles. The summed E-state index contributed by atoms with van der Waals surface area (Å²) in [7, 11) is 0. The zero-order valence-electron chi connectivity index (χ0n) is 17.0. The Morgan fingerprint density at radius 2 is 1.90 bits per heavy atom. The highest BCUT2D eigenvalue weighted by Crippen LogP contribution is 2.27. The fourth-order valence-corrected chi connectivity index (χ4v) is 3.12. The number of halogens is 1. The Kier molecular flexibility index (Phi) is 6.36. The van der Waals surface area contributed by atoms with Crippen molar-refractivity contribution in [3.05, 3.63) is 82.3 Å². The van der Waals surface area contributed by atoms with Crippen LogP contribution in [0.1, 0.15) is 32.7 Å². The van der Waals surface area contributed by atoms with E-state index in [4.69, 9.17) is 4.74 Å². The first-order valence-corrected chi connectivity index (χ1v) is 9.40. The van der Waals surface area contributed by atoms with Crippen molar-refractivity contribution in [2.45, 2.75) is 20.4 Å². The lowest BCUT2D eigenvalue weighted by molar-refractivity contribution is -0.119. The van der Waals surface area contributed by atoms with Gasteiger partial charge in [-0.15, -0.1) is 0 Å². The monoisotopic (exact) mass is 421 g/mol. The Hall–Kier alpha value is -4.12. The van der Waals surface area contributed by atoms with E-state index >= 15 is 0 Å². The summed E-state index contributed by atoms with van der Waals surface area (Å²) in [6.07, 6.45) is 0. The molecule has 3 rings (SSSR count). The molecule has 2 aromatic carbocycles. The molecule has 0 aliphatic rings. The molecule has 1 aromatic heterocycles. The molecule has 1 amide bonds. The number of benzene rings is 2. The molecule has 0 saturated heterocycles. The molecule has 1 heterocycles. The van der Waals surface area contributed by atoms with Crippen molar-refractivity contribution < 1.29 is 23.8 Å². The fourth-order valence-electron chi connectivity index (χ4n) is 3.12. The lowest BCUT2D eigenvalue weighted by Crippen LogP contribution is -2.23. The SMILES string of the molecule is Cc1c(C#N)c(NC(=O)COC(=O)c2cccc(O)c2)n(Cc2ccc(F)cc2)c1C. The normalized spacial score (nSPS) is 10.4. The number of carbonyl (C=O) groups excluding carboxylic acids is 2. The van der Waals surface area contributed by atoms with Gasteiger partial charge in [0.15, 0.2) is 6.61 Å². The van der Waals surface area contributed by atoms with Crippen molar-refractivity contribution in [2.24, 2.45) is 0 Å². The summed E-state index contributed by atoms with van der Waals surface area (Å²) in [5, 5.41) is 21.7. The molecule has 0 saturated carbocycles. The average molecular weight is 421 g/mol. The third-order valence-electron chi connectivity index (χ3n) is 4.87. The second-order valence-corrected chi connectivity index (χ2v) is 6.93. The largest absolute Gasteiger partial charge is 0.508 e. The third-order valence-corrected chi connectivity index (χ3v) is 4.87. The van der Waals surface area contributed by atoms with Crippen LogP contribution in [0.4, 0.5) is 10.2 Å². The Bertz CT molecular complexity index is 1180. The zero-order valence-corrected chi connectivity index (χ0v) is 17.0. The summed E-state index contributed by atoms with van der Waals surface area (Å²) in [5.41, 5.74) is 2.67. The van der Waals surface area contributed by atoms with Gasteiger partial charge in [-0.3, -0.25) is 4.79 Å². The topological polar surface area (TPSA) is 104 Å². The minimum atomic E-state index is -0.763. The predicted molar refractivity (Wildman–Crippen MR) is 111 cm³/mol. The minimum Gasteiger partial charge on any atom is -0.508 e. The maximum atomic E-state index is 13.2. The van der Waals surface area contributed by atoms with Crippen molar-refractivity contribution in [3.63, 3.8) is 0 Å². The van der Waals surface area contributed by atoms with Crippen LogP contribution in [-0.2, 0) is 16.1 Å². The number of nitrogens with zero attached hydrogens (tertiary/aromatic N) is 2. The summed E-state index contributed by atoms with van der Waals surface area (Å²) in [4.78, 5) is 24.5. The van der Waals surface area contributed by atoms with E-state index in [-0.39, 0.29) is 22.9 Å². The number of carbonyl (C=O) groups is 2. The first-order chi connectivity index (χ1) is 14.8. The summed E-state index contributed by atoms with van der Waals surface area (Å²) < 4.78 is 20.0. The highest BCUT2D eigenvalue weighted by atomic mass is 19.1. The lowest BCUT2D eigenvalue weighted by Gasteiger charge is -2.13. The average Bonchev–Trinajstić information content (AvgIpc) is 2.97. The number of nitriles is 1. The van der Waals surface area contributed by atoms with Crippen LogP contribution in [0.2, 0.25) is 0 Å². The number of aromatic hydroxyl groups is 1. The van der Waals surface area contributed by atoms with Gasteiger partial charge in [-0.2, -0.15) is 5.26 Å². The number of hydrogen-bond donors (Lipinski definition) is 2. The maximum absolute atomic E-state index is 13.2. The Morgan fingerprint density at radius 3 is 2.55 bits per heavy atom. The fraction of sp³-hybridized carbons (Fsp3) is 0.174. The number of amides is 1. The predicted octanol–water partition coefficient (Wildman–Crippen LogP) is 3.67. The van der Waals surface area contributed by atoms with E-state index in [0.29, 0.717) is 17.7 Å². The van der Waals surface area contributed by atoms with Crippen LogP contribution in [0.5, 0.6) is 5.75 Å². The molecule has 0 radical (unpaired) electrons. The molecule has 31 heavy (non-hydrogen) atoms. The highest BCUT2D eigenvalue weighted by Gasteiger charge is 2.20. The number of aromatic nitrogens is 1. The second kappa shape index (κ2) is 9.13. The number of phenols is 1. The second-order valence-electron chi connectivity index (χ2n) is 6.93. The molecule has 158 valence electrons. The molecule has 0 spiro atoms. The van der Waals surface area contributed by atoms with E-state index in [2.05, 4.69) is 11.4 Å². The summed E-state index contributed by atoms with van der Waals surface area (Å²) in [6.45, 7) is 3.33. The zero-order chi connectivity index (χ0) is 22.5. The smallest absolute Gasteiger partial charge is 0.338 e. The van der Waals surface area contributed by atoms with Crippen molar-refractivity contribution in [1.29, 1.82) is 5.26 Å². The van der Waals surface area contributed by atoms with Crippen LogP contribution in [-0.4, -0.2) is 28.2 Å². The van der Waals surface area contributed by atoms with Gasteiger partial charge in [-0.25, -0.2) is 9.18 Å². The van der Waals surface area contributed by atoms with E-state index < -0.39 is 18.5 Å². The number of anilines is 1. The Morgan fingerprint density at radius 1 is 1.19 bits per heavy atom. The molecule has 0 aliphatic heterocycles. The van der Waals surface area contributed by atoms with Crippen LogP contribution >= 0.6 is 0 Å². The standard InChI is InChI=1S/C23H20FN3O4/c1-14-15(2)27(12-16-6-8-18(24)9-7-16)22(20(14)11-25)26-21(29)13-31-23(30)17-4-3-5-19(28)10-17/h3-10,28H,12-13H2,1-2H3,(H,26,29). The molecule has 2 N–H and O–H groups in total. The van der Waals surface area contributed by atoms with E-state index in [1.54, 1.807) is 23.6 Å². The number of esters is 1. The Labute approximate surface area is 178 Å². The van der Waals surface area contributed by atoms with Gasteiger partial charge < -0.3 is 19.7 Å². The molecule has 7 nitrogen and oxygen atoms in total. The molecule has 0 fully saturated rings. The summed E-state index contributed by atoms with van der Waals surface area (Å²) in [6, 6.07) is 13.6. The van der Waals surface area contributed by atoms with Crippen LogP contribution in [0, 0.1) is 31.0 Å². The number of ether oxygens (including phenoxy) is 1. The first kappa shape index (κ1) is 21.6. The highest BCUT2D eigenvalue weighted by molar-refractivity contribution is 5.96. The first-order valence-electron chi connectivity index (χ1n) is 9.40. The Balaban J connectivity index is 1.77. The van der Waals surface area contributed by atoms with Gasteiger partial charge in [0, 0.05) is 12.2 Å². The van der Waals surface area contributed by atoms with Gasteiger partial charge >= 0.3 is 5.97 Å². The quantitative estimate of drug-likeness (QED) is 0.591. The van der Waals surface area contributed by atoms with Crippen molar-refractivity contribution in [3.8, 4) is 11.8 Å². The number of hydrogen-bond acceptors (Lipinski definition) is 5. The summed E-state index contributed by atoms with van der Waals surface area (Å²) >= 11 is 0. The van der Waals surface area contributed by atoms with Crippen LogP contribution in [0.3, 0.4) is 0 Å². The molecule has 0 atom stereocenters. The molecule has 0 unspecified atom stereocenters. The van der Waals surface area contributed by atoms with Crippen molar-refractivity contribution in [2.75, 3.05) is 11.9 Å². The minimum absolute atomic E-state index is 0.0952. The molecule has 8 heteroatoms. The van der Waals surface area contributed by atoms with E-state index in [1.165, 1.54) is 36.4 Å². The number of phenolic OH excluding ortho intramolecular Hbond substituents is 1. The van der Waals surface area contributed by atoms with Gasteiger partial charge in [0.2, 0.25) is 0 Å². The lowest BCUT2D eigenvalue weighted by atomic mass is 10.2. The van der Waals surface area contributed by atoms with E-state index in [0.717, 1.165) is 11.3 Å². The maximum Gasteiger partial charge on any atom is 0.338 e. The van der Waals surface area contributed by atoms with Crippen LogP contribution in [0.15, 0.2) is 48.5 Å². The molecular weight excluding hydrogens is 401 g/mol. The molecular formula is C23H20FN3O4. The molecule has 0 bridgehead atoms. The number of nitrogens with one attached hydrogen (secondary N) is 1. The van der Waals surface area contributed by atoms with Crippen LogP contribution < -0.4 is 5.32 Å². The summed E-state index contributed by atoms with van der Waals surface area (Å²) in [5.74, 6) is -1.56. The van der Waals surface area contributed by atoms with Gasteiger partial charge in [-0.1, -0.05) is 18.2 Å². The van der Waals surface area contributed by atoms with Crippen LogP contribution in [0.25, 0.3) is 0 Å². The van der Waals surface area contributed by atoms with Gasteiger partial charge in [0.25, 0.3) is 5.91 Å². The molecule has 3 aromatic rings. The van der Waals surface area contributed by atoms with Gasteiger partial charge in [0.05, 0.1) is 11.1 Å². The van der Waals surface area contributed by atoms with E-state index in [1.807, 2.05) is 6.92 Å². The number of rotatable bonds is 6. The van der Waals surface area contributed by atoms with Crippen molar-refractivity contribution in [1.82, 2.24) is 4.57 Å². The van der Waals surface area contributed by atoms with Crippen molar-refractivity contribution >= 4 is 17.7 Å². The van der Waals surface area contributed by atoms with E-state index in [9.17, 15) is 24.3 Å². The van der Waals surface area contributed by atoms with Gasteiger partial charge in [0.1, 0.15) is 23.5 Å². The third kappa shape index (κ3) is 4.90. The van der Waals surface area contributed by atoms with Gasteiger partial charge in [-0.05, 0) is 55.3 Å².